The van der Waals surface area contributed by atoms with Crippen LogP contribution in [0.4, 0.5) is 0 Å². The number of rotatable bonds is 6. The van der Waals surface area contributed by atoms with Gasteiger partial charge < -0.3 is 5.32 Å². The average molecular weight is 288 g/mol. The van der Waals surface area contributed by atoms with Crippen molar-refractivity contribution in [1.29, 1.82) is 0 Å². The molecule has 1 N–H and O–H groups in total. The zero-order valence-electron chi connectivity index (χ0n) is 14.2. The van der Waals surface area contributed by atoms with Gasteiger partial charge in [-0.3, -0.25) is 4.98 Å². The van der Waals surface area contributed by atoms with Crippen LogP contribution in [0.25, 0.3) is 0 Å². The lowest BCUT2D eigenvalue weighted by Crippen LogP contribution is -2.33. The third kappa shape index (κ3) is 4.54. The summed E-state index contributed by atoms with van der Waals surface area (Å²) >= 11 is 0. The third-order valence-corrected chi connectivity index (χ3v) is 5.12. The zero-order valence-corrected chi connectivity index (χ0v) is 14.2. The molecule has 1 saturated carbocycles. The van der Waals surface area contributed by atoms with Crippen LogP contribution in [0.2, 0.25) is 0 Å². The number of hydrogen-bond acceptors (Lipinski definition) is 2. The van der Waals surface area contributed by atoms with E-state index in [1.165, 1.54) is 36.8 Å². The molecule has 0 aliphatic heterocycles. The maximum absolute atomic E-state index is 4.39. The molecule has 1 aromatic heterocycles. The maximum Gasteiger partial charge on any atom is 0.0305 e. The van der Waals surface area contributed by atoms with Gasteiger partial charge in [0.2, 0.25) is 0 Å². The Morgan fingerprint density at radius 2 is 2.14 bits per heavy atom. The van der Waals surface area contributed by atoms with Crippen LogP contribution in [0, 0.1) is 24.7 Å². The first-order valence-electron chi connectivity index (χ1n) is 8.73. The number of nitrogens with one attached hydrogen (secondary N) is 1. The smallest absolute Gasteiger partial charge is 0.0305 e. The van der Waals surface area contributed by atoms with Gasteiger partial charge in [0.15, 0.2) is 0 Å². The van der Waals surface area contributed by atoms with Gasteiger partial charge in [-0.1, -0.05) is 33.6 Å². The highest BCUT2D eigenvalue weighted by molar-refractivity contribution is 5.27. The van der Waals surface area contributed by atoms with E-state index >= 15 is 0 Å². The molecule has 2 heteroatoms. The van der Waals surface area contributed by atoms with Gasteiger partial charge in [-0.05, 0) is 73.7 Å². The summed E-state index contributed by atoms with van der Waals surface area (Å²) in [6.45, 7) is 11.4. The van der Waals surface area contributed by atoms with Crippen LogP contribution < -0.4 is 5.32 Å². The van der Waals surface area contributed by atoms with Crippen molar-refractivity contribution in [2.75, 3.05) is 13.1 Å². The first-order valence-corrected chi connectivity index (χ1v) is 8.73. The van der Waals surface area contributed by atoms with E-state index in [0.717, 1.165) is 30.8 Å². The van der Waals surface area contributed by atoms with E-state index in [1.54, 1.807) is 0 Å². The predicted octanol–water partition coefficient (Wildman–Crippen LogP) is 4.55. The fourth-order valence-electron chi connectivity index (χ4n) is 3.74. The van der Waals surface area contributed by atoms with Crippen LogP contribution >= 0.6 is 0 Å². The van der Waals surface area contributed by atoms with Gasteiger partial charge in [0.1, 0.15) is 0 Å². The molecule has 1 heterocycles. The molecule has 2 nitrogen and oxygen atoms in total. The minimum atomic E-state index is 0.692. The number of hydrogen-bond donors (Lipinski definition) is 1. The van der Waals surface area contributed by atoms with Gasteiger partial charge in [-0.2, -0.15) is 0 Å². The fourth-order valence-corrected chi connectivity index (χ4v) is 3.74. The van der Waals surface area contributed by atoms with E-state index in [2.05, 4.69) is 50.3 Å². The molecule has 21 heavy (non-hydrogen) atoms. The predicted molar refractivity (Wildman–Crippen MR) is 90.5 cm³/mol. The Bertz CT molecular complexity index is 427. The molecule has 118 valence electrons. The highest BCUT2D eigenvalue weighted by Crippen LogP contribution is 2.42. The summed E-state index contributed by atoms with van der Waals surface area (Å²) in [6, 6.07) is 2.17. The fraction of sp³-hybridized carbons (Fsp3) is 0.737. The minimum absolute atomic E-state index is 0.692. The Labute approximate surface area is 130 Å². The number of aryl methyl sites for hydroxylation is 1. The molecule has 0 bridgehead atoms. The van der Waals surface area contributed by atoms with Gasteiger partial charge >= 0.3 is 0 Å². The lowest BCUT2D eigenvalue weighted by molar-refractivity contribution is 0.223. The average Bonchev–Trinajstić information content (AvgIpc) is 2.48. The molecular weight excluding hydrogens is 256 g/mol. The van der Waals surface area contributed by atoms with Gasteiger partial charge in [0, 0.05) is 12.4 Å². The van der Waals surface area contributed by atoms with Crippen molar-refractivity contribution in [3.05, 3.63) is 29.6 Å². The molecule has 1 aliphatic rings. The van der Waals surface area contributed by atoms with Crippen molar-refractivity contribution >= 4 is 0 Å². The summed E-state index contributed by atoms with van der Waals surface area (Å²) < 4.78 is 0. The first-order chi connectivity index (χ1) is 10.1. The van der Waals surface area contributed by atoms with Crippen molar-refractivity contribution in [1.82, 2.24) is 10.3 Å². The van der Waals surface area contributed by atoms with Crippen molar-refractivity contribution in [2.24, 2.45) is 17.8 Å². The van der Waals surface area contributed by atoms with Gasteiger partial charge in [-0.25, -0.2) is 0 Å². The second kappa shape index (κ2) is 7.93. The number of nitrogens with zero attached hydrogens (tertiary/aromatic N) is 1. The first kappa shape index (κ1) is 16.5. The van der Waals surface area contributed by atoms with Crippen LogP contribution in [0.3, 0.4) is 0 Å². The van der Waals surface area contributed by atoms with Gasteiger partial charge in [-0.15, -0.1) is 0 Å². The molecule has 0 aromatic carbocycles. The standard InChI is InChI=1S/C19H32N2/c1-5-16-6-7-17(12-21-11-14(2)3)18(10-16)19-13-20-9-8-15(19)4/h8-9,13-14,16-18,21H,5-7,10-12H2,1-4H3. The molecule has 3 atom stereocenters. The topological polar surface area (TPSA) is 24.9 Å². The Morgan fingerprint density at radius 1 is 1.33 bits per heavy atom. The van der Waals surface area contributed by atoms with E-state index < -0.39 is 0 Å². The third-order valence-electron chi connectivity index (χ3n) is 5.12. The highest BCUT2D eigenvalue weighted by Gasteiger charge is 2.31. The van der Waals surface area contributed by atoms with E-state index in [9.17, 15) is 0 Å². The van der Waals surface area contributed by atoms with Crippen molar-refractivity contribution in [3.8, 4) is 0 Å². The molecule has 1 aliphatic carbocycles. The van der Waals surface area contributed by atoms with Crippen molar-refractivity contribution in [3.63, 3.8) is 0 Å². The van der Waals surface area contributed by atoms with E-state index in [4.69, 9.17) is 0 Å². The van der Waals surface area contributed by atoms with E-state index in [1.807, 2.05) is 6.20 Å². The molecule has 1 aromatic rings. The van der Waals surface area contributed by atoms with Crippen LogP contribution in [-0.4, -0.2) is 18.1 Å². The Morgan fingerprint density at radius 3 is 2.81 bits per heavy atom. The second-order valence-electron chi connectivity index (χ2n) is 7.24. The molecule has 1 fully saturated rings. The summed E-state index contributed by atoms with van der Waals surface area (Å²) in [4.78, 5) is 4.39. The van der Waals surface area contributed by atoms with Gasteiger partial charge in [0.05, 0.1) is 0 Å². The van der Waals surface area contributed by atoms with Crippen LogP contribution in [0.5, 0.6) is 0 Å². The molecular formula is C19H32N2. The molecule has 0 amide bonds. The molecule has 3 unspecified atom stereocenters. The van der Waals surface area contributed by atoms with Gasteiger partial charge in [0.25, 0.3) is 0 Å². The SMILES string of the molecule is CCC1CCC(CNCC(C)C)C(c2cnccc2C)C1. The molecule has 0 radical (unpaired) electrons. The normalized spacial score (nSPS) is 26.2. The van der Waals surface area contributed by atoms with E-state index in [-0.39, 0.29) is 0 Å². The summed E-state index contributed by atoms with van der Waals surface area (Å²) in [5, 5.41) is 3.69. The lowest BCUT2D eigenvalue weighted by atomic mass is 9.70. The number of aromatic nitrogens is 1. The van der Waals surface area contributed by atoms with E-state index in [0.29, 0.717) is 5.92 Å². The Balaban J connectivity index is 2.08. The lowest BCUT2D eigenvalue weighted by Gasteiger charge is -2.37. The molecule has 0 saturated heterocycles. The van der Waals surface area contributed by atoms with Crippen LogP contribution in [-0.2, 0) is 0 Å². The molecule has 0 spiro atoms. The summed E-state index contributed by atoms with van der Waals surface area (Å²) in [6.07, 6.45) is 9.47. The maximum atomic E-state index is 4.39. The molecule has 2 rings (SSSR count). The summed E-state index contributed by atoms with van der Waals surface area (Å²) in [7, 11) is 0. The monoisotopic (exact) mass is 288 g/mol. The minimum Gasteiger partial charge on any atom is -0.316 e. The van der Waals surface area contributed by atoms with Crippen LogP contribution in [0.15, 0.2) is 18.5 Å². The van der Waals surface area contributed by atoms with Crippen LogP contribution in [0.1, 0.15) is 63.5 Å². The highest BCUT2D eigenvalue weighted by atomic mass is 14.9. The Kier molecular flexibility index (Phi) is 6.22. The summed E-state index contributed by atoms with van der Waals surface area (Å²) in [5.41, 5.74) is 2.91. The second-order valence-corrected chi connectivity index (χ2v) is 7.24. The van der Waals surface area contributed by atoms with Crippen molar-refractivity contribution < 1.29 is 0 Å². The number of pyridine rings is 1. The zero-order chi connectivity index (χ0) is 15.2. The summed E-state index contributed by atoms with van der Waals surface area (Å²) in [5.74, 6) is 3.10. The Hall–Kier alpha value is -0.890. The largest absolute Gasteiger partial charge is 0.316 e. The van der Waals surface area contributed by atoms with Crippen molar-refractivity contribution in [2.45, 2.75) is 59.3 Å². The quantitative estimate of drug-likeness (QED) is 0.831.